The highest BCUT2D eigenvalue weighted by Gasteiger charge is 2.31. The number of amidine groups is 1. The predicted molar refractivity (Wildman–Crippen MR) is 83.2 cm³/mol. The van der Waals surface area contributed by atoms with Crippen LogP contribution < -0.4 is 5.32 Å². The van der Waals surface area contributed by atoms with Gasteiger partial charge in [0.1, 0.15) is 18.2 Å². The molecular formula is C14H11BrFN5O2. The zero-order valence-electron chi connectivity index (χ0n) is 11.8. The van der Waals surface area contributed by atoms with Crippen molar-refractivity contribution in [2.45, 2.75) is 13.0 Å². The number of H-pyrrole nitrogens is 1. The Bertz CT molecular complexity index is 832. The Balaban J connectivity index is 2.14. The van der Waals surface area contributed by atoms with E-state index in [9.17, 15) is 14.3 Å². The van der Waals surface area contributed by atoms with Crippen molar-refractivity contribution in [2.24, 2.45) is 4.99 Å². The molecule has 1 aromatic carbocycles. The Hall–Kier alpha value is -2.55. The number of aromatic amines is 1. The van der Waals surface area contributed by atoms with Crippen molar-refractivity contribution in [1.82, 2.24) is 20.5 Å². The summed E-state index contributed by atoms with van der Waals surface area (Å²) < 4.78 is 13.8. The van der Waals surface area contributed by atoms with E-state index in [-0.39, 0.29) is 5.57 Å². The van der Waals surface area contributed by atoms with Crippen LogP contribution in [0.2, 0.25) is 0 Å². The van der Waals surface area contributed by atoms with Crippen LogP contribution in [0.3, 0.4) is 0 Å². The lowest BCUT2D eigenvalue weighted by atomic mass is 9.96. The van der Waals surface area contributed by atoms with Gasteiger partial charge in [-0.15, -0.1) is 0 Å². The fourth-order valence-electron chi connectivity index (χ4n) is 2.34. The fourth-order valence-corrected chi connectivity index (χ4v) is 2.91. The molecule has 0 saturated heterocycles. The van der Waals surface area contributed by atoms with Crippen molar-refractivity contribution in [3.63, 3.8) is 0 Å². The number of nitrogens with zero attached hydrogens (tertiary/aromatic N) is 3. The maximum Gasteiger partial charge on any atom is 0.335 e. The number of carboxylic acid groups (broad SMARTS) is 1. The van der Waals surface area contributed by atoms with Gasteiger partial charge in [0.15, 0.2) is 11.7 Å². The molecule has 0 amide bonds. The second-order valence-electron chi connectivity index (χ2n) is 4.85. The number of carbonyl (C=O) groups is 1. The molecule has 1 atom stereocenters. The number of aliphatic imine (C=N–C) groups is 1. The minimum absolute atomic E-state index is 0.0839. The van der Waals surface area contributed by atoms with Gasteiger partial charge in [0.2, 0.25) is 0 Å². The highest BCUT2D eigenvalue weighted by atomic mass is 79.9. The average Bonchev–Trinajstić information content (AvgIpc) is 3.00. The number of hydrogen-bond acceptors (Lipinski definition) is 5. The standard InChI is InChI=1S/C14H11BrFN5O2/c1-6-10(14(22)23)11(8-3-2-7(16)4-9(8)15)20-13(19-6)12-17-5-18-21-12/h2-5,11H,1H3,(H,19,20)(H,22,23)(H,17,18,21). The largest absolute Gasteiger partial charge is 0.478 e. The first-order chi connectivity index (χ1) is 11.0. The average molecular weight is 380 g/mol. The maximum absolute atomic E-state index is 13.3. The molecule has 1 aromatic heterocycles. The molecule has 2 aromatic rings. The molecule has 1 unspecified atom stereocenters. The van der Waals surface area contributed by atoms with E-state index in [0.29, 0.717) is 27.4 Å². The van der Waals surface area contributed by atoms with Crippen LogP contribution in [0.1, 0.15) is 24.4 Å². The van der Waals surface area contributed by atoms with Gasteiger partial charge in [0.25, 0.3) is 0 Å². The molecular weight excluding hydrogens is 369 g/mol. The Morgan fingerprint density at radius 3 is 2.83 bits per heavy atom. The number of benzene rings is 1. The highest BCUT2D eigenvalue weighted by molar-refractivity contribution is 9.10. The predicted octanol–water partition coefficient (Wildman–Crippen LogP) is 2.16. The second-order valence-corrected chi connectivity index (χ2v) is 5.70. The number of nitrogens with one attached hydrogen (secondary N) is 2. The van der Waals surface area contributed by atoms with Gasteiger partial charge < -0.3 is 10.4 Å². The summed E-state index contributed by atoms with van der Waals surface area (Å²) in [7, 11) is 0. The number of hydrogen-bond donors (Lipinski definition) is 3. The number of carboxylic acids is 1. The number of allylic oxidation sites excluding steroid dienone is 1. The molecule has 0 fully saturated rings. The summed E-state index contributed by atoms with van der Waals surface area (Å²) in [5.74, 6) is -0.772. The van der Waals surface area contributed by atoms with Gasteiger partial charge in [0.05, 0.1) is 5.57 Å². The van der Waals surface area contributed by atoms with E-state index < -0.39 is 17.8 Å². The monoisotopic (exact) mass is 379 g/mol. The van der Waals surface area contributed by atoms with Crippen LogP contribution in [0.25, 0.3) is 0 Å². The number of aliphatic carboxylic acids is 1. The minimum atomic E-state index is -1.10. The van der Waals surface area contributed by atoms with Crippen molar-refractivity contribution >= 4 is 27.7 Å². The molecule has 118 valence electrons. The lowest BCUT2D eigenvalue weighted by Crippen LogP contribution is -2.33. The summed E-state index contributed by atoms with van der Waals surface area (Å²) in [5, 5.41) is 18.8. The first-order valence-electron chi connectivity index (χ1n) is 6.57. The molecule has 0 radical (unpaired) electrons. The van der Waals surface area contributed by atoms with Crippen LogP contribution in [-0.2, 0) is 4.79 Å². The molecule has 9 heteroatoms. The summed E-state index contributed by atoms with van der Waals surface area (Å²) in [6.45, 7) is 1.64. The van der Waals surface area contributed by atoms with E-state index in [1.807, 2.05) is 0 Å². The minimum Gasteiger partial charge on any atom is -0.478 e. The van der Waals surface area contributed by atoms with E-state index in [0.717, 1.165) is 0 Å². The summed E-state index contributed by atoms with van der Waals surface area (Å²) >= 11 is 3.27. The molecule has 1 aliphatic rings. The maximum atomic E-state index is 13.3. The molecule has 0 bridgehead atoms. The smallest absolute Gasteiger partial charge is 0.335 e. The first kappa shape index (κ1) is 15.3. The molecule has 23 heavy (non-hydrogen) atoms. The van der Waals surface area contributed by atoms with E-state index in [1.165, 1.54) is 24.5 Å². The summed E-state index contributed by atoms with van der Waals surface area (Å²) in [5.41, 5.74) is 1.06. The van der Waals surface area contributed by atoms with Gasteiger partial charge >= 0.3 is 5.97 Å². The van der Waals surface area contributed by atoms with Crippen LogP contribution in [-0.4, -0.2) is 32.1 Å². The quantitative estimate of drug-likeness (QED) is 0.757. The van der Waals surface area contributed by atoms with Crippen LogP contribution in [0.15, 0.2) is 45.3 Å². The molecule has 1 aliphatic heterocycles. The molecule has 0 spiro atoms. The van der Waals surface area contributed by atoms with Gasteiger partial charge in [-0.2, -0.15) is 5.10 Å². The normalized spacial score (nSPS) is 17.7. The van der Waals surface area contributed by atoms with Crippen LogP contribution in [0, 0.1) is 5.82 Å². The van der Waals surface area contributed by atoms with E-state index in [1.54, 1.807) is 6.92 Å². The third-order valence-corrected chi connectivity index (χ3v) is 4.06. The molecule has 0 saturated carbocycles. The lowest BCUT2D eigenvalue weighted by Gasteiger charge is -2.24. The van der Waals surface area contributed by atoms with Gasteiger partial charge in [0, 0.05) is 10.2 Å². The van der Waals surface area contributed by atoms with Crippen LogP contribution in [0.4, 0.5) is 4.39 Å². The first-order valence-corrected chi connectivity index (χ1v) is 7.36. The topological polar surface area (TPSA) is 103 Å². The van der Waals surface area contributed by atoms with Crippen molar-refractivity contribution in [3.05, 3.63) is 57.5 Å². The van der Waals surface area contributed by atoms with Crippen molar-refractivity contribution in [1.29, 1.82) is 0 Å². The van der Waals surface area contributed by atoms with Gasteiger partial charge in [-0.3, -0.25) is 10.1 Å². The highest BCUT2D eigenvalue weighted by Crippen LogP contribution is 2.35. The molecule has 7 nitrogen and oxygen atoms in total. The van der Waals surface area contributed by atoms with Crippen LogP contribution >= 0.6 is 15.9 Å². The summed E-state index contributed by atoms with van der Waals surface area (Å²) in [6, 6.07) is 3.24. The van der Waals surface area contributed by atoms with Crippen LogP contribution in [0.5, 0.6) is 0 Å². The molecule has 0 aliphatic carbocycles. The van der Waals surface area contributed by atoms with Crippen molar-refractivity contribution in [2.75, 3.05) is 0 Å². The van der Waals surface area contributed by atoms with Gasteiger partial charge in [-0.25, -0.2) is 14.2 Å². The third-order valence-electron chi connectivity index (χ3n) is 3.37. The summed E-state index contributed by atoms with van der Waals surface area (Å²) in [4.78, 5) is 20.1. The van der Waals surface area contributed by atoms with Gasteiger partial charge in [-0.1, -0.05) is 22.0 Å². The van der Waals surface area contributed by atoms with E-state index in [2.05, 4.69) is 41.4 Å². The van der Waals surface area contributed by atoms with Crippen molar-refractivity contribution in [3.8, 4) is 0 Å². The zero-order chi connectivity index (χ0) is 16.6. The van der Waals surface area contributed by atoms with Crippen molar-refractivity contribution < 1.29 is 14.3 Å². The Kier molecular flexibility index (Phi) is 3.95. The Morgan fingerprint density at radius 2 is 2.22 bits per heavy atom. The number of rotatable bonds is 3. The second kappa shape index (κ2) is 5.92. The SMILES string of the molecule is CC1=C(C(=O)O)C(c2ccc(F)cc2Br)N=C(c2ncn[nH]2)N1. The Labute approximate surface area is 138 Å². The lowest BCUT2D eigenvalue weighted by molar-refractivity contribution is -0.133. The number of aromatic nitrogens is 3. The zero-order valence-corrected chi connectivity index (χ0v) is 13.4. The van der Waals surface area contributed by atoms with E-state index in [4.69, 9.17) is 0 Å². The number of halogens is 2. The van der Waals surface area contributed by atoms with Gasteiger partial charge in [-0.05, 0) is 24.6 Å². The fraction of sp³-hybridized carbons (Fsp3) is 0.143. The van der Waals surface area contributed by atoms with E-state index >= 15 is 0 Å². The molecule has 2 heterocycles. The molecule has 3 rings (SSSR count). The summed E-state index contributed by atoms with van der Waals surface area (Å²) in [6.07, 6.45) is 1.33. The Morgan fingerprint density at radius 1 is 1.43 bits per heavy atom. The molecule has 3 N–H and O–H groups in total. The third kappa shape index (κ3) is 2.87.